The first-order valence-corrected chi connectivity index (χ1v) is 5.31. The number of hydrogen-bond acceptors (Lipinski definition) is 3. The second-order valence-electron chi connectivity index (χ2n) is 4.21. The standard InChI is InChI=1S/C12H15F2NO3/c1-12(17,7-18-2)6-15-11(16)10-8(13)4-3-5-9(10)14/h3-5,17H,6-7H2,1-2H3,(H,15,16). The second kappa shape index (κ2) is 5.88. The number of aliphatic hydroxyl groups is 1. The highest BCUT2D eigenvalue weighted by molar-refractivity contribution is 5.94. The number of carbonyl (C=O) groups excluding carboxylic acids is 1. The van der Waals surface area contributed by atoms with Crippen molar-refractivity contribution in [2.45, 2.75) is 12.5 Å². The molecule has 0 spiro atoms. The Morgan fingerprint density at radius 3 is 2.50 bits per heavy atom. The van der Waals surface area contributed by atoms with Gasteiger partial charge in [0.05, 0.1) is 6.61 Å². The van der Waals surface area contributed by atoms with E-state index in [-0.39, 0.29) is 13.2 Å². The second-order valence-corrected chi connectivity index (χ2v) is 4.21. The molecule has 0 aromatic heterocycles. The number of hydrogen-bond donors (Lipinski definition) is 2. The zero-order valence-corrected chi connectivity index (χ0v) is 10.2. The number of benzene rings is 1. The molecule has 1 aromatic rings. The molecule has 0 aliphatic carbocycles. The highest BCUT2D eigenvalue weighted by atomic mass is 19.1. The molecular formula is C12H15F2NO3. The van der Waals surface area contributed by atoms with Crippen molar-refractivity contribution in [1.82, 2.24) is 5.32 Å². The molecule has 0 fully saturated rings. The van der Waals surface area contributed by atoms with Crippen LogP contribution in [0.15, 0.2) is 18.2 Å². The van der Waals surface area contributed by atoms with Crippen molar-refractivity contribution in [3.05, 3.63) is 35.4 Å². The Morgan fingerprint density at radius 2 is 2.00 bits per heavy atom. The van der Waals surface area contributed by atoms with Gasteiger partial charge in [0, 0.05) is 13.7 Å². The number of ether oxygens (including phenoxy) is 1. The summed E-state index contributed by atoms with van der Waals surface area (Å²) in [5.41, 5.74) is -1.96. The molecule has 4 nitrogen and oxygen atoms in total. The van der Waals surface area contributed by atoms with Crippen LogP contribution < -0.4 is 5.32 Å². The molecule has 0 saturated heterocycles. The number of nitrogens with one attached hydrogen (secondary N) is 1. The summed E-state index contributed by atoms with van der Waals surface area (Å²) in [6, 6.07) is 3.15. The van der Waals surface area contributed by atoms with E-state index in [1.807, 2.05) is 0 Å². The van der Waals surface area contributed by atoms with E-state index < -0.39 is 28.7 Å². The lowest BCUT2D eigenvalue weighted by molar-refractivity contribution is -0.0147. The molecule has 0 aliphatic rings. The van der Waals surface area contributed by atoms with E-state index in [0.29, 0.717) is 0 Å². The number of methoxy groups -OCH3 is 1. The van der Waals surface area contributed by atoms with Gasteiger partial charge in [-0.3, -0.25) is 4.79 Å². The summed E-state index contributed by atoms with van der Waals surface area (Å²) in [7, 11) is 1.40. The van der Waals surface area contributed by atoms with Crippen LogP contribution in [0.3, 0.4) is 0 Å². The minimum Gasteiger partial charge on any atom is -0.386 e. The van der Waals surface area contributed by atoms with Gasteiger partial charge in [-0.05, 0) is 19.1 Å². The smallest absolute Gasteiger partial charge is 0.257 e. The Bertz CT molecular complexity index is 415. The summed E-state index contributed by atoms with van der Waals surface area (Å²) in [4.78, 5) is 11.6. The van der Waals surface area contributed by atoms with Gasteiger partial charge in [0.15, 0.2) is 0 Å². The first kappa shape index (κ1) is 14.5. The summed E-state index contributed by atoms with van der Waals surface area (Å²) < 4.78 is 31.3. The predicted octanol–water partition coefficient (Wildman–Crippen LogP) is 1.09. The first-order valence-electron chi connectivity index (χ1n) is 5.31. The van der Waals surface area contributed by atoms with Gasteiger partial charge in [-0.1, -0.05) is 6.07 Å². The number of halogens is 2. The van der Waals surface area contributed by atoms with E-state index in [9.17, 15) is 18.7 Å². The molecule has 0 bridgehead atoms. The van der Waals surface area contributed by atoms with Crippen molar-refractivity contribution in [3.8, 4) is 0 Å². The van der Waals surface area contributed by atoms with Crippen molar-refractivity contribution in [2.24, 2.45) is 0 Å². The number of amides is 1. The van der Waals surface area contributed by atoms with Crippen LogP contribution in [0.4, 0.5) is 8.78 Å². The third kappa shape index (κ3) is 3.75. The number of rotatable bonds is 5. The molecule has 0 radical (unpaired) electrons. The minimum absolute atomic E-state index is 0.00691. The summed E-state index contributed by atoms with van der Waals surface area (Å²) in [6.07, 6.45) is 0. The molecule has 2 N–H and O–H groups in total. The van der Waals surface area contributed by atoms with E-state index >= 15 is 0 Å². The topological polar surface area (TPSA) is 58.6 Å². The Labute approximate surface area is 104 Å². The van der Waals surface area contributed by atoms with E-state index in [1.165, 1.54) is 20.1 Å². The van der Waals surface area contributed by atoms with Gasteiger partial charge >= 0.3 is 0 Å². The molecule has 0 saturated carbocycles. The summed E-state index contributed by atoms with van der Waals surface area (Å²) in [5.74, 6) is -2.81. The average Bonchev–Trinajstić information content (AvgIpc) is 2.26. The van der Waals surface area contributed by atoms with Gasteiger partial charge in [-0.25, -0.2) is 8.78 Å². The van der Waals surface area contributed by atoms with Crippen LogP contribution in [0.2, 0.25) is 0 Å². The largest absolute Gasteiger partial charge is 0.386 e. The Hall–Kier alpha value is -1.53. The zero-order valence-electron chi connectivity index (χ0n) is 10.2. The lowest BCUT2D eigenvalue weighted by Gasteiger charge is -2.22. The molecule has 0 heterocycles. The summed E-state index contributed by atoms with van der Waals surface area (Å²) in [6.45, 7) is 1.26. The molecule has 100 valence electrons. The highest BCUT2D eigenvalue weighted by Crippen LogP contribution is 2.12. The van der Waals surface area contributed by atoms with Gasteiger partial charge in [0.1, 0.15) is 22.8 Å². The Morgan fingerprint density at radius 1 is 1.44 bits per heavy atom. The number of carbonyl (C=O) groups is 1. The van der Waals surface area contributed by atoms with E-state index in [4.69, 9.17) is 4.74 Å². The van der Waals surface area contributed by atoms with E-state index in [0.717, 1.165) is 12.1 Å². The maximum atomic E-state index is 13.3. The fourth-order valence-electron chi connectivity index (χ4n) is 1.44. The summed E-state index contributed by atoms with van der Waals surface area (Å²) >= 11 is 0. The lowest BCUT2D eigenvalue weighted by Crippen LogP contribution is -2.44. The lowest BCUT2D eigenvalue weighted by atomic mass is 10.1. The molecule has 1 rings (SSSR count). The molecule has 0 aliphatic heterocycles. The van der Waals surface area contributed by atoms with Crippen molar-refractivity contribution in [1.29, 1.82) is 0 Å². The van der Waals surface area contributed by atoms with Crippen molar-refractivity contribution in [3.63, 3.8) is 0 Å². The minimum atomic E-state index is -1.30. The van der Waals surface area contributed by atoms with Crippen LogP contribution >= 0.6 is 0 Å². The maximum Gasteiger partial charge on any atom is 0.257 e. The fourth-order valence-corrected chi connectivity index (χ4v) is 1.44. The van der Waals surface area contributed by atoms with E-state index in [1.54, 1.807) is 0 Å². The molecule has 1 amide bonds. The third-order valence-electron chi connectivity index (χ3n) is 2.27. The summed E-state index contributed by atoms with van der Waals surface area (Å²) in [5, 5.41) is 12.0. The Balaban J connectivity index is 2.72. The first-order chi connectivity index (χ1) is 8.37. The Kier molecular flexibility index (Phi) is 4.75. The van der Waals surface area contributed by atoms with Crippen LogP contribution in [0.5, 0.6) is 0 Å². The van der Waals surface area contributed by atoms with Gasteiger partial charge in [-0.15, -0.1) is 0 Å². The monoisotopic (exact) mass is 259 g/mol. The molecule has 1 atom stereocenters. The van der Waals surface area contributed by atoms with Crippen molar-refractivity contribution in [2.75, 3.05) is 20.3 Å². The van der Waals surface area contributed by atoms with Gasteiger partial charge in [-0.2, -0.15) is 0 Å². The molecule has 1 aromatic carbocycles. The highest BCUT2D eigenvalue weighted by Gasteiger charge is 2.23. The molecular weight excluding hydrogens is 244 g/mol. The maximum absolute atomic E-state index is 13.3. The van der Waals surface area contributed by atoms with Crippen molar-refractivity contribution >= 4 is 5.91 Å². The SMILES string of the molecule is COCC(C)(O)CNC(=O)c1c(F)cccc1F. The normalized spacial score (nSPS) is 14.1. The quantitative estimate of drug-likeness (QED) is 0.832. The van der Waals surface area contributed by atoms with Crippen LogP contribution in [-0.2, 0) is 4.74 Å². The average molecular weight is 259 g/mol. The van der Waals surface area contributed by atoms with Gasteiger partial charge < -0.3 is 15.2 Å². The van der Waals surface area contributed by atoms with Gasteiger partial charge in [0.25, 0.3) is 5.91 Å². The van der Waals surface area contributed by atoms with Crippen LogP contribution in [-0.4, -0.2) is 36.9 Å². The zero-order chi connectivity index (χ0) is 13.8. The molecule has 1 unspecified atom stereocenters. The predicted molar refractivity (Wildman–Crippen MR) is 61.2 cm³/mol. The van der Waals surface area contributed by atoms with E-state index in [2.05, 4.69) is 5.32 Å². The molecule has 18 heavy (non-hydrogen) atoms. The van der Waals surface area contributed by atoms with Gasteiger partial charge in [0.2, 0.25) is 0 Å². The third-order valence-corrected chi connectivity index (χ3v) is 2.27. The van der Waals surface area contributed by atoms with Crippen molar-refractivity contribution < 1.29 is 23.4 Å². The van der Waals surface area contributed by atoms with Crippen LogP contribution in [0.25, 0.3) is 0 Å². The van der Waals surface area contributed by atoms with Crippen LogP contribution in [0, 0.1) is 11.6 Å². The van der Waals surface area contributed by atoms with Crippen LogP contribution in [0.1, 0.15) is 17.3 Å². The molecule has 6 heteroatoms. The fraction of sp³-hybridized carbons (Fsp3) is 0.417.